The van der Waals surface area contributed by atoms with Crippen LogP contribution in [0.5, 0.6) is 11.5 Å². The summed E-state index contributed by atoms with van der Waals surface area (Å²) >= 11 is 0.436. The summed E-state index contributed by atoms with van der Waals surface area (Å²) in [6.45, 7) is 3.52. The summed E-state index contributed by atoms with van der Waals surface area (Å²) in [4.78, 5) is 4.06. The Morgan fingerprint density at radius 1 is 1.22 bits per heavy atom. The van der Waals surface area contributed by atoms with Gasteiger partial charge in [0.25, 0.3) is 0 Å². The van der Waals surface area contributed by atoms with Crippen molar-refractivity contribution in [3.05, 3.63) is 22.4 Å². The fourth-order valence-electron chi connectivity index (χ4n) is 0.689. The van der Waals surface area contributed by atoms with E-state index in [0.717, 1.165) is 11.5 Å². The summed E-state index contributed by atoms with van der Waals surface area (Å²) in [6.07, 6.45) is 0. The molecular formula is C6H4O2Se. The van der Waals surface area contributed by atoms with Gasteiger partial charge in [-0.2, -0.15) is 0 Å². The fourth-order valence-corrected chi connectivity index (χ4v) is 2.04. The van der Waals surface area contributed by atoms with Crippen LogP contribution in [0.15, 0.2) is 22.4 Å². The summed E-state index contributed by atoms with van der Waals surface area (Å²) in [5.41, 5.74) is 0. The van der Waals surface area contributed by atoms with Crippen molar-refractivity contribution in [3.8, 4) is 11.5 Å². The van der Waals surface area contributed by atoms with Crippen LogP contribution in [0.3, 0.4) is 0 Å². The second-order valence-corrected chi connectivity index (χ2v) is 3.24. The Balaban J connectivity index is 2.49. The molecule has 0 radical (unpaired) electrons. The zero-order chi connectivity index (χ0) is 6.27. The van der Waals surface area contributed by atoms with Crippen LogP contribution in [0.4, 0.5) is 0 Å². The summed E-state index contributed by atoms with van der Waals surface area (Å²) in [6, 6.07) is 0. The van der Waals surface area contributed by atoms with Crippen LogP contribution in [0.2, 0.25) is 0 Å². The molecule has 0 saturated carbocycles. The van der Waals surface area contributed by atoms with Gasteiger partial charge in [0, 0.05) is 0 Å². The minimum absolute atomic E-state index is 0.392. The van der Waals surface area contributed by atoms with E-state index >= 15 is 0 Å². The molecule has 0 bridgehead atoms. The van der Waals surface area contributed by atoms with E-state index in [9.17, 15) is 0 Å². The van der Waals surface area contributed by atoms with Crippen LogP contribution < -0.4 is 9.47 Å². The van der Waals surface area contributed by atoms with Crippen LogP contribution in [-0.2, 0) is 0 Å². The molecule has 0 N–H and O–H groups in total. The molecule has 0 atom stereocenters. The first-order valence-electron chi connectivity index (χ1n) is 2.47. The van der Waals surface area contributed by atoms with Gasteiger partial charge < -0.3 is 0 Å². The summed E-state index contributed by atoms with van der Waals surface area (Å²) in [5.74, 6) is 2.09. The molecule has 0 saturated heterocycles. The van der Waals surface area contributed by atoms with Crippen LogP contribution in [0.1, 0.15) is 0 Å². The normalized spacial score (nSPS) is 14.4. The maximum atomic E-state index is 5.08. The van der Waals surface area contributed by atoms with Crippen molar-refractivity contribution in [3.63, 3.8) is 0 Å². The van der Waals surface area contributed by atoms with Crippen molar-refractivity contribution in [1.82, 2.24) is 0 Å². The van der Waals surface area contributed by atoms with Crippen molar-refractivity contribution in [2.75, 3.05) is 0 Å². The zero-order valence-electron chi connectivity index (χ0n) is 4.59. The van der Waals surface area contributed by atoms with Crippen molar-refractivity contribution in [1.29, 1.82) is 0 Å². The first-order chi connectivity index (χ1) is 4.36. The molecule has 0 spiro atoms. The Labute approximate surface area is 58.5 Å². The molecule has 46 valence electrons. The van der Waals surface area contributed by atoms with Crippen LogP contribution in [0.25, 0.3) is 0 Å². The van der Waals surface area contributed by atoms with E-state index in [1.54, 1.807) is 0 Å². The van der Waals surface area contributed by atoms with Gasteiger partial charge in [-0.15, -0.1) is 0 Å². The van der Waals surface area contributed by atoms with Crippen molar-refractivity contribution in [2.24, 2.45) is 0 Å². The van der Waals surface area contributed by atoms with Crippen molar-refractivity contribution in [2.45, 2.75) is 0 Å². The summed E-state index contributed by atoms with van der Waals surface area (Å²) < 4.78 is 10.2. The Kier molecular flexibility index (Phi) is 0.949. The Morgan fingerprint density at radius 3 is 2.33 bits per heavy atom. The zero-order valence-corrected chi connectivity index (χ0v) is 6.30. The van der Waals surface area contributed by atoms with E-state index in [1.807, 2.05) is 9.88 Å². The van der Waals surface area contributed by atoms with Gasteiger partial charge in [-0.1, -0.05) is 0 Å². The van der Waals surface area contributed by atoms with Gasteiger partial charge in [0.1, 0.15) is 0 Å². The molecule has 1 aliphatic rings. The number of hydrogen-bond donors (Lipinski definition) is 0. The number of fused-ring (bicyclic) bond motifs is 1. The van der Waals surface area contributed by atoms with Crippen LogP contribution in [-0.4, -0.2) is 14.5 Å². The topological polar surface area (TPSA) is 18.5 Å². The second-order valence-electron chi connectivity index (χ2n) is 1.68. The average molecular weight is 187 g/mol. The third-order valence-corrected chi connectivity index (χ3v) is 2.51. The molecule has 0 amide bonds. The first kappa shape index (κ1) is 5.15. The van der Waals surface area contributed by atoms with Crippen molar-refractivity contribution < 1.29 is 9.47 Å². The second kappa shape index (κ2) is 1.66. The van der Waals surface area contributed by atoms with E-state index in [-0.39, 0.29) is 0 Å². The van der Waals surface area contributed by atoms with E-state index in [0.29, 0.717) is 20.4 Å². The van der Waals surface area contributed by atoms with Gasteiger partial charge in [0.05, 0.1) is 0 Å². The van der Waals surface area contributed by atoms with Gasteiger partial charge >= 0.3 is 57.9 Å². The predicted octanol–water partition coefficient (Wildman–Crippen LogP) is 0.986. The third kappa shape index (κ3) is 0.696. The Hall–Kier alpha value is -0.661. The molecular weight excluding hydrogens is 183 g/mol. The fraction of sp³-hybridized carbons (Fsp3) is 0. The van der Waals surface area contributed by atoms with Crippen LogP contribution in [0, 0.1) is 0 Å². The molecule has 2 heterocycles. The molecule has 2 rings (SSSR count). The number of rotatable bonds is 0. The average Bonchev–Trinajstić information content (AvgIpc) is 2.22. The molecule has 0 aliphatic carbocycles. The molecule has 0 fully saturated rings. The maximum absolute atomic E-state index is 5.08. The molecule has 3 heteroatoms. The monoisotopic (exact) mass is 188 g/mol. The van der Waals surface area contributed by atoms with Gasteiger partial charge in [-0.05, 0) is 0 Å². The van der Waals surface area contributed by atoms with Gasteiger partial charge in [0.2, 0.25) is 0 Å². The van der Waals surface area contributed by atoms with E-state index < -0.39 is 0 Å². The SMILES string of the molecule is C=C1Oc2c[se]cc2O1. The van der Waals surface area contributed by atoms with E-state index in [4.69, 9.17) is 9.47 Å². The first-order valence-corrected chi connectivity index (χ1v) is 4.45. The molecule has 0 unspecified atom stereocenters. The summed E-state index contributed by atoms with van der Waals surface area (Å²) in [7, 11) is 0. The standard InChI is InChI=1S/C6H4O2Se/c1-4-7-5-2-9-3-6(5)8-4/h2-3H,1H2. The molecule has 1 aromatic rings. The quantitative estimate of drug-likeness (QED) is 0.564. The predicted molar refractivity (Wildman–Crippen MR) is 33.8 cm³/mol. The Morgan fingerprint density at radius 2 is 1.78 bits per heavy atom. The van der Waals surface area contributed by atoms with Gasteiger partial charge in [-0.25, -0.2) is 0 Å². The number of hydrogen-bond acceptors (Lipinski definition) is 2. The van der Waals surface area contributed by atoms with Crippen molar-refractivity contribution >= 4 is 14.5 Å². The number of ether oxygens (including phenoxy) is 2. The third-order valence-electron chi connectivity index (χ3n) is 1.04. The van der Waals surface area contributed by atoms with Gasteiger partial charge in [-0.3, -0.25) is 0 Å². The Bertz CT molecular complexity index is 229. The molecule has 2 nitrogen and oxygen atoms in total. The summed E-state index contributed by atoms with van der Waals surface area (Å²) in [5, 5.41) is 0. The van der Waals surface area contributed by atoms with E-state index in [2.05, 4.69) is 6.58 Å². The molecule has 9 heavy (non-hydrogen) atoms. The minimum atomic E-state index is 0.392. The molecule has 0 aromatic carbocycles. The molecule has 1 aromatic heterocycles. The van der Waals surface area contributed by atoms with Gasteiger partial charge in [0.15, 0.2) is 0 Å². The van der Waals surface area contributed by atoms with E-state index in [1.165, 1.54) is 0 Å². The molecule has 1 aliphatic heterocycles. The van der Waals surface area contributed by atoms with Crippen LogP contribution >= 0.6 is 0 Å².